The molecular formula is C26H26FN5O4. The van der Waals surface area contributed by atoms with Gasteiger partial charge in [-0.05, 0) is 45.0 Å². The molecule has 2 aromatic heterocycles. The molecule has 10 heteroatoms. The first-order valence-corrected chi connectivity index (χ1v) is 11.3. The molecule has 3 N–H and O–H groups in total. The molecule has 1 aromatic carbocycles. The van der Waals surface area contributed by atoms with E-state index in [1.54, 1.807) is 43.5 Å². The maximum absolute atomic E-state index is 13.6. The summed E-state index contributed by atoms with van der Waals surface area (Å²) in [5.41, 5.74) is 7.70. The first-order chi connectivity index (χ1) is 17.1. The van der Waals surface area contributed by atoms with Gasteiger partial charge in [0.2, 0.25) is 5.95 Å². The number of rotatable bonds is 3. The second-order valence-corrected chi connectivity index (χ2v) is 9.21. The molecule has 0 radical (unpaired) electrons. The van der Waals surface area contributed by atoms with Crippen LogP contribution in [-0.2, 0) is 17.7 Å². The fraction of sp³-hybridized carbons (Fsp3) is 0.308. The van der Waals surface area contributed by atoms with Crippen molar-refractivity contribution in [1.29, 1.82) is 0 Å². The Labute approximate surface area is 207 Å². The number of imide groups is 1. The van der Waals surface area contributed by atoms with Crippen LogP contribution in [0.15, 0.2) is 36.5 Å². The molecule has 0 bridgehead atoms. The molecule has 3 heterocycles. The van der Waals surface area contributed by atoms with E-state index in [0.29, 0.717) is 34.6 Å². The quantitative estimate of drug-likeness (QED) is 0.537. The van der Waals surface area contributed by atoms with Crippen LogP contribution in [0, 0.1) is 11.8 Å². The lowest BCUT2D eigenvalue weighted by molar-refractivity contribution is 0.0232. The number of carbonyl (C=O) groups is 2. The maximum Gasteiger partial charge on any atom is 0.417 e. The number of anilines is 1. The monoisotopic (exact) mass is 491 g/mol. The number of nitrogens with zero attached hydrogens (tertiary/aromatic N) is 4. The SMILES string of the molecule is CC(C)(C)OC(=O)N1CCc2c(cc(-c3nc(N)ncc3C#Cc3cccc(O)c3)n2CCF)C1=O. The number of alkyl halides is 1. The number of amides is 2. The molecule has 3 aromatic rings. The largest absolute Gasteiger partial charge is 0.508 e. The number of nitrogen functional groups attached to an aromatic ring is 1. The minimum absolute atomic E-state index is 0.0133. The molecule has 0 atom stereocenters. The van der Waals surface area contributed by atoms with E-state index in [2.05, 4.69) is 21.8 Å². The zero-order valence-corrected chi connectivity index (χ0v) is 20.2. The van der Waals surface area contributed by atoms with Crippen LogP contribution in [0.25, 0.3) is 11.4 Å². The lowest BCUT2D eigenvalue weighted by Gasteiger charge is -2.29. The second-order valence-electron chi connectivity index (χ2n) is 9.21. The molecule has 0 aliphatic carbocycles. The Morgan fingerprint density at radius 3 is 2.75 bits per heavy atom. The van der Waals surface area contributed by atoms with E-state index in [1.165, 1.54) is 18.3 Å². The van der Waals surface area contributed by atoms with Crippen LogP contribution in [0.1, 0.15) is 48.0 Å². The fourth-order valence-corrected chi connectivity index (χ4v) is 3.94. The summed E-state index contributed by atoms with van der Waals surface area (Å²) >= 11 is 0. The predicted molar refractivity (Wildman–Crippen MR) is 131 cm³/mol. The Balaban J connectivity index is 1.79. The van der Waals surface area contributed by atoms with Gasteiger partial charge in [0.05, 0.1) is 23.4 Å². The number of hydrogen-bond acceptors (Lipinski definition) is 7. The van der Waals surface area contributed by atoms with Gasteiger partial charge in [-0.1, -0.05) is 17.9 Å². The van der Waals surface area contributed by atoms with E-state index < -0.39 is 24.3 Å². The van der Waals surface area contributed by atoms with Crippen molar-refractivity contribution < 1.29 is 23.8 Å². The van der Waals surface area contributed by atoms with Crippen molar-refractivity contribution in [2.45, 2.75) is 39.3 Å². The molecule has 36 heavy (non-hydrogen) atoms. The number of fused-ring (bicyclic) bond motifs is 1. The number of phenolic OH excluding ortho intramolecular Hbond substituents is 1. The smallest absolute Gasteiger partial charge is 0.417 e. The molecule has 0 fully saturated rings. The summed E-state index contributed by atoms with van der Waals surface area (Å²) in [5.74, 6) is 5.46. The van der Waals surface area contributed by atoms with Crippen LogP contribution in [0.3, 0.4) is 0 Å². The predicted octanol–water partition coefficient (Wildman–Crippen LogP) is 3.54. The van der Waals surface area contributed by atoms with Crippen molar-refractivity contribution in [3.63, 3.8) is 0 Å². The van der Waals surface area contributed by atoms with Crippen molar-refractivity contribution in [1.82, 2.24) is 19.4 Å². The fourth-order valence-electron chi connectivity index (χ4n) is 3.94. The summed E-state index contributed by atoms with van der Waals surface area (Å²) in [4.78, 5) is 35.3. The van der Waals surface area contributed by atoms with Gasteiger partial charge in [0, 0.05) is 30.4 Å². The summed E-state index contributed by atoms with van der Waals surface area (Å²) in [6.45, 7) is 4.57. The Bertz CT molecular complexity index is 1400. The Hall–Kier alpha value is -4.39. The van der Waals surface area contributed by atoms with E-state index in [1.807, 2.05) is 0 Å². The summed E-state index contributed by atoms with van der Waals surface area (Å²) < 4.78 is 20.6. The van der Waals surface area contributed by atoms with Gasteiger partial charge in [-0.3, -0.25) is 4.79 Å². The highest BCUT2D eigenvalue weighted by atomic mass is 19.1. The third-order valence-electron chi connectivity index (χ3n) is 5.42. The highest BCUT2D eigenvalue weighted by molar-refractivity contribution is 6.05. The Morgan fingerprint density at radius 1 is 1.28 bits per heavy atom. The number of benzene rings is 1. The number of carbonyl (C=O) groups excluding carboxylic acids is 2. The number of aromatic hydroxyl groups is 1. The van der Waals surface area contributed by atoms with Crippen LogP contribution in [0.2, 0.25) is 0 Å². The van der Waals surface area contributed by atoms with Gasteiger partial charge < -0.3 is 20.1 Å². The molecule has 0 saturated heterocycles. The molecule has 4 rings (SSSR count). The molecule has 0 unspecified atom stereocenters. The van der Waals surface area contributed by atoms with E-state index in [-0.39, 0.29) is 30.4 Å². The van der Waals surface area contributed by atoms with Gasteiger partial charge in [-0.25, -0.2) is 24.1 Å². The summed E-state index contributed by atoms with van der Waals surface area (Å²) in [5, 5.41) is 9.70. The zero-order valence-electron chi connectivity index (χ0n) is 20.2. The Kier molecular flexibility index (Phi) is 6.66. The molecule has 2 amide bonds. The van der Waals surface area contributed by atoms with Crippen LogP contribution in [0.5, 0.6) is 5.75 Å². The van der Waals surface area contributed by atoms with E-state index >= 15 is 0 Å². The molecule has 0 spiro atoms. The van der Waals surface area contributed by atoms with E-state index in [9.17, 15) is 19.1 Å². The van der Waals surface area contributed by atoms with E-state index in [0.717, 1.165) is 4.90 Å². The summed E-state index contributed by atoms with van der Waals surface area (Å²) in [6, 6.07) is 8.03. The minimum Gasteiger partial charge on any atom is -0.508 e. The van der Waals surface area contributed by atoms with Crippen LogP contribution in [-0.4, -0.2) is 55.4 Å². The standard InChI is InChI=1S/C26H26FN5O4/c1-26(2,3)36-25(35)32-11-9-20-19(23(32)34)14-21(31(20)12-10-27)22-17(15-29-24(28)30-22)8-7-16-5-4-6-18(33)13-16/h4-6,13-15,33H,9-12H2,1-3H3,(H2,28,29,30). The molecule has 186 valence electrons. The van der Waals surface area contributed by atoms with Crippen LogP contribution in [0.4, 0.5) is 15.1 Å². The highest BCUT2D eigenvalue weighted by Crippen LogP contribution is 2.31. The van der Waals surface area contributed by atoms with Crippen LogP contribution < -0.4 is 5.73 Å². The second kappa shape index (κ2) is 9.70. The van der Waals surface area contributed by atoms with Crippen molar-refractivity contribution in [2.24, 2.45) is 0 Å². The van der Waals surface area contributed by atoms with Gasteiger partial charge in [-0.2, -0.15) is 0 Å². The average Bonchev–Trinajstić information content (AvgIpc) is 3.17. The number of hydrogen-bond donors (Lipinski definition) is 2. The van der Waals surface area contributed by atoms with Crippen molar-refractivity contribution in [2.75, 3.05) is 19.0 Å². The summed E-state index contributed by atoms with van der Waals surface area (Å²) in [6.07, 6.45) is 1.04. The van der Waals surface area contributed by atoms with Gasteiger partial charge >= 0.3 is 6.09 Å². The van der Waals surface area contributed by atoms with Gasteiger partial charge in [-0.15, -0.1) is 0 Å². The number of halogens is 1. The zero-order chi connectivity index (χ0) is 26.0. The topological polar surface area (TPSA) is 124 Å². The Morgan fingerprint density at radius 2 is 2.06 bits per heavy atom. The first kappa shape index (κ1) is 24.7. The maximum atomic E-state index is 13.6. The van der Waals surface area contributed by atoms with Crippen molar-refractivity contribution in [3.05, 3.63) is 58.9 Å². The van der Waals surface area contributed by atoms with Crippen LogP contribution >= 0.6 is 0 Å². The van der Waals surface area contributed by atoms with Crippen molar-refractivity contribution >= 4 is 17.9 Å². The van der Waals surface area contributed by atoms with Crippen molar-refractivity contribution in [3.8, 4) is 29.0 Å². The lowest BCUT2D eigenvalue weighted by atomic mass is 10.1. The molecule has 1 aliphatic heterocycles. The normalized spacial score (nSPS) is 13.1. The van der Waals surface area contributed by atoms with Gasteiger partial charge in [0.1, 0.15) is 23.7 Å². The summed E-state index contributed by atoms with van der Waals surface area (Å²) in [7, 11) is 0. The number of aromatic nitrogens is 3. The molecular weight excluding hydrogens is 465 g/mol. The molecule has 9 nitrogen and oxygen atoms in total. The molecule has 0 saturated carbocycles. The number of phenols is 1. The lowest BCUT2D eigenvalue weighted by Crippen LogP contribution is -2.44. The van der Waals surface area contributed by atoms with Gasteiger partial charge in [0.15, 0.2) is 0 Å². The third-order valence-corrected chi connectivity index (χ3v) is 5.42. The minimum atomic E-state index is -0.759. The molecule has 1 aliphatic rings. The van der Waals surface area contributed by atoms with Gasteiger partial charge in [0.25, 0.3) is 5.91 Å². The highest BCUT2D eigenvalue weighted by Gasteiger charge is 2.35. The average molecular weight is 492 g/mol. The third kappa shape index (κ3) is 5.15. The number of nitrogens with two attached hydrogens (primary N) is 1. The number of ether oxygens (including phenoxy) is 1. The first-order valence-electron chi connectivity index (χ1n) is 11.3. The van der Waals surface area contributed by atoms with E-state index in [4.69, 9.17) is 10.5 Å².